The topological polar surface area (TPSA) is 58.2 Å². The van der Waals surface area contributed by atoms with E-state index >= 15 is 0 Å². The van der Waals surface area contributed by atoms with Crippen LogP contribution < -0.4 is 10.0 Å². The Labute approximate surface area is 139 Å². The second-order valence-corrected chi connectivity index (χ2v) is 9.01. The highest BCUT2D eigenvalue weighted by Crippen LogP contribution is 2.28. The molecule has 7 heteroatoms. The first-order chi connectivity index (χ1) is 9.94. The third-order valence-electron chi connectivity index (χ3n) is 3.54. The summed E-state index contributed by atoms with van der Waals surface area (Å²) in [4.78, 5) is 0.332. The summed E-state index contributed by atoms with van der Waals surface area (Å²) in [5.74, 6) is 2.63. The summed E-state index contributed by atoms with van der Waals surface area (Å²) in [6, 6.07) is 3.73. The van der Waals surface area contributed by atoms with Crippen molar-refractivity contribution in [1.29, 1.82) is 0 Å². The van der Waals surface area contributed by atoms with Crippen LogP contribution in [-0.4, -0.2) is 33.5 Å². The van der Waals surface area contributed by atoms with Gasteiger partial charge < -0.3 is 5.32 Å². The molecule has 0 aliphatic carbocycles. The van der Waals surface area contributed by atoms with Gasteiger partial charge in [0.05, 0.1) is 4.90 Å². The Hall–Kier alpha value is -0.0800. The minimum atomic E-state index is -3.48. The van der Waals surface area contributed by atoms with Crippen molar-refractivity contribution in [2.75, 3.05) is 25.1 Å². The van der Waals surface area contributed by atoms with Crippen molar-refractivity contribution in [3.8, 4) is 0 Å². The fourth-order valence-corrected chi connectivity index (χ4v) is 5.83. The molecule has 2 N–H and O–H groups in total. The molecule has 1 aliphatic heterocycles. The summed E-state index contributed by atoms with van der Waals surface area (Å²) in [6.45, 7) is 3.09. The van der Waals surface area contributed by atoms with E-state index in [2.05, 4.69) is 26.0 Å². The molecule has 2 rings (SSSR count). The van der Waals surface area contributed by atoms with Crippen LogP contribution in [-0.2, 0) is 16.6 Å². The number of sulfonamides is 1. The number of halogens is 1. The Balaban J connectivity index is 2.21. The van der Waals surface area contributed by atoms with E-state index in [9.17, 15) is 8.42 Å². The Kier molecular flexibility index (Phi) is 6.14. The molecule has 0 bridgehead atoms. The number of rotatable bonds is 6. The maximum atomic E-state index is 12.6. The average molecular weight is 393 g/mol. The Morgan fingerprint density at radius 2 is 2.19 bits per heavy atom. The third-order valence-corrected chi connectivity index (χ3v) is 7.53. The number of thioether (sulfide) groups is 1. The molecule has 4 nitrogen and oxygen atoms in total. The fourth-order valence-electron chi connectivity index (χ4n) is 2.36. The van der Waals surface area contributed by atoms with Gasteiger partial charge in [-0.05, 0) is 70.9 Å². The van der Waals surface area contributed by atoms with Gasteiger partial charge in [0.1, 0.15) is 0 Å². The number of aryl methyl sites for hydroxylation is 1. The fraction of sp³-hybridized carbons (Fsp3) is 0.571. The summed E-state index contributed by atoms with van der Waals surface area (Å²) in [7, 11) is -1.63. The molecule has 1 atom stereocenters. The van der Waals surface area contributed by atoms with E-state index in [0.717, 1.165) is 29.1 Å². The molecule has 1 aromatic rings. The van der Waals surface area contributed by atoms with E-state index in [1.165, 1.54) is 0 Å². The van der Waals surface area contributed by atoms with Gasteiger partial charge in [-0.2, -0.15) is 11.8 Å². The van der Waals surface area contributed by atoms with E-state index < -0.39 is 10.0 Å². The van der Waals surface area contributed by atoms with Crippen LogP contribution in [0.4, 0.5) is 0 Å². The molecule has 1 aliphatic rings. The van der Waals surface area contributed by atoms with E-state index in [0.29, 0.717) is 28.4 Å². The van der Waals surface area contributed by atoms with E-state index in [4.69, 9.17) is 0 Å². The smallest absolute Gasteiger partial charge is 0.241 e. The molecule has 1 aromatic carbocycles. The van der Waals surface area contributed by atoms with Crippen LogP contribution in [0.15, 0.2) is 21.5 Å². The Morgan fingerprint density at radius 3 is 2.81 bits per heavy atom. The molecule has 0 spiro atoms. The first-order valence-corrected chi connectivity index (χ1v) is 10.4. The van der Waals surface area contributed by atoms with Crippen LogP contribution in [0.2, 0.25) is 0 Å². The van der Waals surface area contributed by atoms with Crippen LogP contribution in [0.5, 0.6) is 0 Å². The Morgan fingerprint density at radius 1 is 1.43 bits per heavy atom. The second kappa shape index (κ2) is 7.46. The van der Waals surface area contributed by atoms with Crippen molar-refractivity contribution >= 4 is 37.7 Å². The van der Waals surface area contributed by atoms with Gasteiger partial charge in [-0.15, -0.1) is 0 Å². The van der Waals surface area contributed by atoms with Gasteiger partial charge >= 0.3 is 0 Å². The largest absolute Gasteiger partial charge is 0.316 e. The zero-order valence-corrected chi connectivity index (χ0v) is 15.5. The van der Waals surface area contributed by atoms with Crippen molar-refractivity contribution in [3.63, 3.8) is 0 Å². The van der Waals surface area contributed by atoms with E-state index in [1.54, 1.807) is 6.07 Å². The van der Waals surface area contributed by atoms with Crippen molar-refractivity contribution in [3.05, 3.63) is 27.7 Å². The molecule has 1 heterocycles. The first kappa shape index (κ1) is 17.3. The van der Waals surface area contributed by atoms with Crippen LogP contribution in [0.3, 0.4) is 0 Å². The molecule has 1 unspecified atom stereocenters. The van der Waals surface area contributed by atoms with Gasteiger partial charge in [0.25, 0.3) is 0 Å². The van der Waals surface area contributed by atoms with Crippen molar-refractivity contribution < 1.29 is 8.42 Å². The molecular formula is C14H21BrN2O2S2. The maximum Gasteiger partial charge on any atom is 0.241 e. The summed E-state index contributed by atoms with van der Waals surface area (Å²) >= 11 is 5.30. The van der Waals surface area contributed by atoms with Gasteiger partial charge in [-0.25, -0.2) is 13.1 Å². The summed E-state index contributed by atoms with van der Waals surface area (Å²) in [5, 5.41) is 3.05. The lowest BCUT2D eigenvalue weighted by Crippen LogP contribution is -2.30. The van der Waals surface area contributed by atoms with E-state index in [1.807, 2.05) is 31.8 Å². The van der Waals surface area contributed by atoms with Crippen molar-refractivity contribution in [2.24, 2.45) is 5.92 Å². The predicted molar refractivity (Wildman–Crippen MR) is 92.3 cm³/mol. The molecular weight excluding hydrogens is 372 g/mol. The normalized spacial score (nSPS) is 19.1. The molecule has 1 saturated heterocycles. The summed E-state index contributed by atoms with van der Waals surface area (Å²) in [6.07, 6.45) is 1.09. The predicted octanol–water partition coefficient (Wildman–Crippen LogP) is 2.51. The lowest BCUT2D eigenvalue weighted by molar-refractivity contribution is 0.545. The number of hydrogen-bond donors (Lipinski definition) is 2. The number of hydrogen-bond acceptors (Lipinski definition) is 4. The van der Waals surface area contributed by atoms with E-state index in [-0.39, 0.29) is 0 Å². The van der Waals surface area contributed by atoms with Gasteiger partial charge in [0, 0.05) is 17.6 Å². The lowest BCUT2D eigenvalue weighted by atomic mass is 10.1. The Bertz CT molecular complexity index is 599. The van der Waals surface area contributed by atoms with Crippen molar-refractivity contribution in [1.82, 2.24) is 10.0 Å². The van der Waals surface area contributed by atoms with Gasteiger partial charge in [-0.1, -0.05) is 6.07 Å². The van der Waals surface area contributed by atoms with Gasteiger partial charge in [-0.3, -0.25) is 0 Å². The zero-order chi connectivity index (χ0) is 15.5. The lowest BCUT2D eigenvalue weighted by Gasteiger charge is -2.14. The minimum absolute atomic E-state index is 0.332. The first-order valence-electron chi connectivity index (χ1n) is 6.95. The van der Waals surface area contributed by atoms with Gasteiger partial charge in [0.15, 0.2) is 0 Å². The van der Waals surface area contributed by atoms with Gasteiger partial charge in [0.2, 0.25) is 10.0 Å². The minimum Gasteiger partial charge on any atom is -0.316 e. The maximum absolute atomic E-state index is 12.6. The summed E-state index contributed by atoms with van der Waals surface area (Å²) < 4.78 is 28.5. The van der Waals surface area contributed by atoms with Crippen LogP contribution in [0.25, 0.3) is 0 Å². The number of benzene rings is 1. The highest BCUT2D eigenvalue weighted by molar-refractivity contribution is 9.10. The van der Waals surface area contributed by atoms with Crippen LogP contribution in [0.1, 0.15) is 17.5 Å². The highest BCUT2D eigenvalue weighted by Gasteiger charge is 2.23. The number of nitrogens with one attached hydrogen (secondary N) is 2. The SMILES string of the molecule is CNCc1cc(C)c(Br)c(S(=O)(=O)NCC2CCSC2)c1. The molecule has 118 valence electrons. The standard InChI is InChI=1S/C14H21BrN2O2S2/c1-10-5-12(7-16-2)6-13(14(10)15)21(18,19)17-8-11-3-4-20-9-11/h5-6,11,16-17H,3-4,7-9H2,1-2H3. The zero-order valence-electron chi connectivity index (χ0n) is 12.3. The quantitative estimate of drug-likeness (QED) is 0.780. The molecule has 0 aromatic heterocycles. The molecule has 21 heavy (non-hydrogen) atoms. The third kappa shape index (κ3) is 4.45. The molecule has 0 radical (unpaired) electrons. The monoisotopic (exact) mass is 392 g/mol. The molecule has 0 amide bonds. The van der Waals surface area contributed by atoms with Crippen LogP contribution >= 0.6 is 27.7 Å². The summed E-state index contributed by atoms with van der Waals surface area (Å²) in [5.41, 5.74) is 1.90. The van der Waals surface area contributed by atoms with Crippen molar-refractivity contribution in [2.45, 2.75) is 24.8 Å². The average Bonchev–Trinajstić information content (AvgIpc) is 2.94. The second-order valence-electron chi connectivity index (χ2n) is 5.34. The van der Waals surface area contributed by atoms with Crippen LogP contribution in [0, 0.1) is 12.8 Å². The molecule has 1 fully saturated rings. The highest BCUT2D eigenvalue weighted by atomic mass is 79.9. The molecule has 0 saturated carbocycles.